The maximum absolute atomic E-state index is 4.25. The first-order valence-corrected chi connectivity index (χ1v) is 3.50. The Labute approximate surface area is 66.7 Å². The van der Waals surface area contributed by atoms with Crippen molar-refractivity contribution in [3.8, 4) is 0 Å². The molecule has 0 spiro atoms. The molecule has 0 atom stereocenters. The van der Waals surface area contributed by atoms with Gasteiger partial charge in [-0.25, -0.2) is 4.98 Å². The fourth-order valence-electron chi connectivity index (χ4n) is 0.983. The van der Waals surface area contributed by atoms with Gasteiger partial charge in [-0.15, -0.1) is 0 Å². The SMILES string of the molecule is C=Cc1[nH]c(C)nc1C(=C)C. The molecular weight excluding hydrogens is 136 g/mol. The molecule has 0 aliphatic heterocycles. The molecule has 1 heterocycles. The molecule has 0 aliphatic carbocycles. The van der Waals surface area contributed by atoms with Crippen LogP contribution in [0.1, 0.15) is 24.1 Å². The second-order valence-electron chi connectivity index (χ2n) is 2.57. The van der Waals surface area contributed by atoms with E-state index >= 15 is 0 Å². The van der Waals surface area contributed by atoms with Crippen LogP contribution in [0.2, 0.25) is 0 Å². The third-order valence-electron chi connectivity index (χ3n) is 1.46. The maximum atomic E-state index is 4.25. The van der Waals surface area contributed by atoms with Crippen molar-refractivity contribution in [1.29, 1.82) is 0 Å². The Hall–Kier alpha value is -1.31. The highest BCUT2D eigenvalue weighted by Gasteiger charge is 2.03. The summed E-state index contributed by atoms with van der Waals surface area (Å²) in [6.45, 7) is 11.3. The quantitative estimate of drug-likeness (QED) is 0.685. The summed E-state index contributed by atoms with van der Waals surface area (Å²) in [6, 6.07) is 0. The number of hydrogen-bond acceptors (Lipinski definition) is 1. The Morgan fingerprint density at radius 3 is 2.64 bits per heavy atom. The van der Waals surface area contributed by atoms with Crippen LogP contribution in [0.25, 0.3) is 11.6 Å². The monoisotopic (exact) mass is 148 g/mol. The molecule has 58 valence electrons. The first kappa shape index (κ1) is 7.79. The molecule has 2 nitrogen and oxygen atoms in total. The fourth-order valence-corrected chi connectivity index (χ4v) is 0.983. The predicted octanol–water partition coefficient (Wildman–Crippen LogP) is 2.39. The minimum Gasteiger partial charge on any atom is -0.342 e. The number of imidazole rings is 1. The van der Waals surface area contributed by atoms with Crippen molar-refractivity contribution in [1.82, 2.24) is 9.97 Å². The minimum absolute atomic E-state index is 0.901. The van der Waals surface area contributed by atoms with Crippen molar-refractivity contribution in [2.24, 2.45) is 0 Å². The molecule has 1 aromatic rings. The van der Waals surface area contributed by atoms with Crippen LogP contribution >= 0.6 is 0 Å². The van der Waals surface area contributed by atoms with Gasteiger partial charge in [-0.2, -0.15) is 0 Å². The molecule has 0 fully saturated rings. The van der Waals surface area contributed by atoms with Crippen molar-refractivity contribution in [2.45, 2.75) is 13.8 Å². The van der Waals surface area contributed by atoms with Crippen LogP contribution in [0.3, 0.4) is 0 Å². The molecular formula is C9H12N2. The zero-order valence-electron chi connectivity index (χ0n) is 6.94. The fraction of sp³-hybridized carbons (Fsp3) is 0.222. The number of aromatic amines is 1. The molecule has 1 aromatic heterocycles. The van der Waals surface area contributed by atoms with E-state index in [0.717, 1.165) is 22.8 Å². The van der Waals surface area contributed by atoms with Crippen LogP contribution in [-0.2, 0) is 0 Å². The minimum atomic E-state index is 0.901. The summed E-state index contributed by atoms with van der Waals surface area (Å²) in [5.41, 5.74) is 2.83. The van der Waals surface area contributed by atoms with E-state index < -0.39 is 0 Å². The highest BCUT2D eigenvalue weighted by molar-refractivity contribution is 5.66. The van der Waals surface area contributed by atoms with Crippen molar-refractivity contribution >= 4 is 11.6 Å². The summed E-state index contributed by atoms with van der Waals surface area (Å²) in [5.74, 6) is 0.901. The molecule has 0 unspecified atom stereocenters. The van der Waals surface area contributed by atoms with Gasteiger partial charge in [-0.05, 0) is 25.5 Å². The smallest absolute Gasteiger partial charge is 0.104 e. The lowest BCUT2D eigenvalue weighted by molar-refractivity contribution is 1.14. The second kappa shape index (κ2) is 2.74. The summed E-state index contributed by atoms with van der Waals surface area (Å²) < 4.78 is 0. The van der Waals surface area contributed by atoms with Crippen molar-refractivity contribution in [2.75, 3.05) is 0 Å². The van der Waals surface area contributed by atoms with E-state index in [2.05, 4.69) is 23.1 Å². The zero-order chi connectivity index (χ0) is 8.43. The molecule has 0 bridgehead atoms. The first-order valence-electron chi connectivity index (χ1n) is 3.50. The number of nitrogens with zero attached hydrogens (tertiary/aromatic N) is 1. The van der Waals surface area contributed by atoms with Gasteiger partial charge >= 0.3 is 0 Å². The van der Waals surface area contributed by atoms with Gasteiger partial charge in [0, 0.05) is 0 Å². The molecule has 0 saturated carbocycles. The number of aryl methyl sites for hydroxylation is 1. The van der Waals surface area contributed by atoms with Crippen LogP contribution in [0.4, 0.5) is 0 Å². The van der Waals surface area contributed by atoms with Gasteiger partial charge in [-0.3, -0.25) is 0 Å². The Morgan fingerprint density at radius 1 is 1.64 bits per heavy atom. The Morgan fingerprint density at radius 2 is 2.27 bits per heavy atom. The Balaban J connectivity index is 3.22. The van der Waals surface area contributed by atoms with Crippen LogP contribution in [-0.4, -0.2) is 9.97 Å². The van der Waals surface area contributed by atoms with Gasteiger partial charge in [0.05, 0.1) is 11.4 Å². The lowest BCUT2D eigenvalue weighted by Crippen LogP contribution is -1.80. The molecule has 0 amide bonds. The average Bonchev–Trinajstić information content (AvgIpc) is 2.30. The maximum Gasteiger partial charge on any atom is 0.104 e. The third-order valence-corrected chi connectivity index (χ3v) is 1.46. The van der Waals surface area contributed by atoms with Gasteiger partial charge in [0.15, 0.2) is 0 Å². The molecule has 0 aromatic carbocycles. The van der Waals surface area contributed by atoms with Gasteiger partial charge in [0.25, 0.3) is 0 Å². The zero-order valence-corrected chi connectivity index (χ0v) is 6.94. The molecule has 2 heteroatoms. The predicted molar refractivity (Wildman–Crippen MR) is 48.1 cm³/mol. The number of H-pyrrole nitrogens is 1. The summed E-state index contributed by atoms with van der Waals surface area (Å²) in [5, 5.41) is 0. The van der Waals surface area contributed by atoms with Gasteiger partial charge in [0.2, 0.25) is 0 Å². The van der Waals surface area contributed by atoms with E-state index in [4.69, 9.17) is 0 Å². The van der Waals surface area contributed by atoms with Crippen molar-refractivity contribution in [3.05, 3.63) is 30.4 Å². The Kier molecular flexibility index (Phi) is 1.94. The van der Waals surface area contributed by atoms with Gasteiger partial charge < -0.3 is 4.98 Å². The van der Waals surface area contributed by atoms with E-state index in [9.17, 15) is 0 Å². The van der Waals surface area contributed by atoms with E-state index in [1.54, 1.807) is 6.08 Å². The molecule has 11 heavy (non-hydrogen) atoms. The standard InChI is InChI=1S/C9H12N2/c1-5-8-9(6(2)3)11-7(4)10-8/h5H,1-2H2,3-4H3,(H,10,11). The first-order chi connectivity index (χ1) is 5.15. The number of allylic oxidation sites excluding steroid dienone is 1. The van der Waals surface area contributed by atoms with Crippen LogP contribution in [0.15, 0.2) is 13.2 Å². The lowest BCUT2D eigenvalue weighted by atomic mass is 10.2. The average molecular weight is 148 g/mol. The van der Waals surface area contributed by atoms with Crippen LogP contribution in [0, 0.1) is 6.92 Å². The highest BCUT2D eigenvalue weighted by atomic mass is 14.9. The third kappa shape index (κ3) is 1.40. The number of aromatic nitrogens is 2. The van der Waals surface area contributed by atoms with Crippen LogP contribution < -0.4 is 0 Å². The van der Waals surface area contributed by atoms with E-state index in [-0.39, 0.29) is 0 Å². The summed E-state index contributed by atoms with van der Waals surface area (Å²) in [6.07, 6.45) is 1.75. The highest BCUT2D eigenvalue weighted by Crippen LogP contribution is 2.14. The molecule has 0 radical (unpaired) electrons. The normalized spacial score (nSPS) is 9.64. The topological polar surface area (TPSA) is 28.7 Å². The summed E-state index contributed by atoms with van der Waals surface area (Å²) in [7, 11) is 0. The van der Waals surface area contributed by atoms with Crippen LogP contribution in [0.5, 0.6) is 0 Å². The summed E-state index contributed by atoms with van der Waals surface area (Å²) >= 11 is 0. The van der Waals surface area contributed by atoms with E-state index in [1.807, 2.05) is 13.8 Å². The lowest BCUT2D eigenvalue weighted by Gasteiger charge is -1.92. The van der Waals surface area contributed by atoms with Crippen molar-refractivity contribution in [3.63, 3.8) is 0 Å². The summed E-state index contributed by atoms with van der Waals surface area (Å²) in [4.78, 5) is 7.34. The Bertz CT molecular complexity index is 295. The second-order valence-corrected chi connectivity index (χ2v) is 2.57. The molecule has 0 aliphatic rings. The van der Waals surface area contributed by atoms with E-state index in [1.165, 1.54) is 0 Å². The van der Waals surface area contributed by atoms with Crippen molar-refractivity contribution < 1.29 is 0 Å². The van der Waals surface area contributed by atoms with Gasteiger partial charge in [-0.1, -0.05) is 13.2 Å². The molecule has 0 saturated heterocycles. The molecule has 1 rings (SSSR count). The number of hydrogen-bond donors (Lipinski definition) is 1. The number of nitrogens with one attached hydrogen (secondary N) is 1. The van der Waals surface area contributed by atoms with E-state index in [0.29, 0.717) is 0 Å². The van der Waals surface area contributed by atoms with Gasteiger partial charge in [0.1, 0.15) is 5.82 Å². The molecule has 1 N–H and O–H groups in total. The number of rotatable bonds is 2. The largest absolute Gasteiger partial charge is 0.342 e.